The van der Waals surface area contributed by atoms with Gasteiger partial charge in [0.25, 0.3) is 0 Å². The van der Waals surface area contributed by atoms with Crippen molar-refractivity contribution >= 4 is 0 Å². The van der Waals surface area contributed by atoms with Gasteiger partial charge in [0.1, 0.15) is 5.76 Å². The summed E-state index contributed by atoms with van der Waals surface area (Å²) in [5.41, 5.74) is 5.70. The maximum Gasteiger partial charge on any atom is 0.197 e. The summed E-state index contributed by atoms with van der Waals surface area (Å²) in [5.74, 6) is 2.43. The van der Waals surface area contributed by atoms with Crippen molar-refractivity contribution in [2.24, 2.45) is 5.73 Å². The summed E-state index contributed by atoms with van der Waals surface area (Å²) in [7, 11) is 0. The van der Waals surface area contributed by atoms with Gasteiger partial charge in [-0.3, -0.25) is 0 Å². The molecule has 1 atom stereocenters. The van der Waals surface area contributed by atoms with Crippen LogP contribution in [-0.2, 0) is 6.42 Å². The summed E-state index contributed by atoms with van der Waals surface area (Å²) in [6.07, 6.45) is 7.72. The van der Waals surface area contributed by atoms with Gasteiger partial charge in [0.15, 0.2) is 5.89 Å². The van der Waals surface area contributed by atoms with Crippen molar-refractivity contribution < 1.29 is 4.42 Å². The second kappa shape index (κ2) is 4.13. The third-order valence-corrected chi connectivity index (χ3v) is 2.80. The predicted octanol–water partition coefficient (Wildman–Crippen LogP) is 2.22. The molecule has 2 rings (SSSR count). The van der Waals surface area contributed by atoms with Gasteiger partial charge < -0.3 is 10.2 Å². The molecule has 1 aromatic rings. The van der Waals surface area contributed by atoms with Gasteiger partial charge in [-0.05, 0) is 19.8 Å². The number of rotatable bonds is 3. The fourth-order valence-corrected chi connectivity index (χ4v) is 2.10. The maximum atomic E-state index is 5.70. The molecule has 1 unspecified atom stereocenters. The van der Waals surface area contributed by atoms with E-state index in [4.69, 9.17) is 10.2 Å². The SMILES string of the molecule is CC(N)Cc1cnc(C2CCCC2)o1. The van der Waals surface area contributed by atoms with Crippen LogP contribution in [0.1, 0.15) is 50.2 Å². The minimum Gasteiger partial charge on any atom is -0.445 e. The monoisotopic (exact) mass is 194 g/mol. The van der Waals surface area contributed by atoms with Crippen LogP contribution in [0.2, 0.25) is 0 Å². The molecular weight excluding hydrogens is 176 g/mol. The molecule has 1 aromatic heterocycles. The van der Waals surface area contributed by atoms with Crippen LogP contribution < -0.4 is 5.73 Å². The van der Waals surface area contributed by atoms with Crippen molar-refractivity contribution in [3.63, 3.8) is 0 Å². The van der Waals surface area contributed by atoms with Crippen LogP contribution in [-0.4, -0.2) is 11.0 Å². The maximum absolute atomic E-state index is 5.70. The molecule has 3 nitrogen and oxygen atoms in total. The Morgan fingerprint density at radius 2 is 2.29 bits per heavy atom. The van der Waals surface area contributed by atoms with Crippen LogP contribution in [0.5, 0.6) is 0 Å². The molecule has 1 fully saturated rings. The lowest BCUT2D eigenvalue weighted by Crippen LogP contribution is -2.17. The first-order chi connectivity index (χ1) is 6.75. The largest absolute Gasteiger partial charge is 0.445 e. The Bertz CT molecular complexity index is 287. The molecule has 0 spiro atoms. The molecule has 0 aliphatic heterocycles. The van der Waals surface area contributed by atoms with Gasteiger partial charge in [0.05, 0.1) is 6.20 Å². The van der Waals surface area contributed by atoms with E-state index in [0.717, 1.165) is 18.1 Å². The molecule has 3 heteroatoms. The highest BCUT2D eigenvalue weighted by Crippen LogP contribution is 2.33. The van der Waals surface area contributed by atoms with Crippen LogP contribution in [0.15, 0.2) is 10.6 Å². The average molecular weight is 194 g/mol. The quantitative estimate of drug-likeness (QED) is 0.802. The van der Waals surface area contributed by atoms with E-state index in [2.05, 4.69) is 4.98 Å². The van der Waals surface area contributed by atoms with Gasteiger partial charge in [-0.1, -0.05) is 12.8 Å². The summed E-state index contributed by atoms with van der Waals surface area (Å²) < 4.78 is 5.69. The first-order valence-electron chi connectivity index (χ1n) is 5.46. The molecule has 0 aromatic carbocycles. The van der Waals surface area contributed by atoms with Gasteiger partial charge in [-0.15, -0.1) is 0 Å². The van der Waals surface area contributed by atoms with Crippen molar-refractivity contribution in [2.45, 2.75) is 51.0 Å². The van der Waals surface area contributed by atoms with E-state index < -0.39 is 0 Å². The average Bonchev–Trinajstić information content (AvgIpc) is 2.69. The zero-order valence-corrected chi connectivity index (χ0v) is 8.70. The molecule has 1 heterocycles. The summed E-state index contributed by atoms with van der Waals surface area (Å²) in [5, 5.41) is 0. The molecule has 0 saturated heterocycles. The van der Waals surface area contributed by atoms with E-state index >= 15 is 0 Å². The summed E-state index contributed by atoms with van der Waals surface area (Å²) in [4.78, 5) is 4.33. The number of oxazole rings is 1. The highest BCUT2D eigenvalue weighted by molar-refractivity contribution is 5.01. The number of hydrogen-bond acceptors (Lipinski definition) is 3. The molecule has 1 saturated carbocycles. The fourth-order valence-electron chi connectivity index (χ4n) is 2.10. The Labute approximate surface area is 84.7 Å². The number of nitrogens with zero attached hydrogens (tertiary/aromatic N) is 1. The first kappa shape index (κ1) is 9.71. The molecule has 0 bridgehead atoms. The van der Waals surface area contributed by atoms with Crippen molar-refractivity contribution in [1.29, 1.82) is 0 Å². The Hall–Kier alpha value is -0.830. The van der Waals surface area contributed by atoms with E-state index in [1.807, 2.05) is 13.1 Å². The summed E-state index contributed by atoms with van der Waals surface area (Å²) in [6, 6.07) is 0.152. The van der Waals surface area contributed by atoms with E-state index in [0.29, 0.717) is 5.92 Å². The highest BCUT2D eigenvalue weighted by atomic mass is 16.4. The number of nitrogens with two attached hydrogens (primary N) is 1. The van der Waals surface area contributed by atoms with Crippen LogP contribution in [0, 0.1) is 0 Å². The van der Waals surface area contributed by atoms with Crippen LogP contribution >= 0.6 is 0 Å². The zero-order valence-electron chi connectivity index (χ0n) is 8.70. The van der Waals surface area contributed by atoms with Crippen molar-refractivity contribution in [3.05, 3.63) is 17.8 Å². The minimum atomic E-state index is 0.152. The lowest BCUT2D eigenvalue weighted by Gasteiger charge is -2.03. The van der Waals surface area contributed by atoms with E-state index in [9.17, 15) is 0 Å². The van der Waals surface area contributed by atoms with E-state index in [1.54, 1.807) is 0 Å². The first-order valence-corrected chi connectivity index (χ1v) is 5.46. The second-order valence-electron chi connectivity index (χ2n) is 4.33. The second-order valence-corrected chi connectivity index (χ2v) is 4.33. The van der Waals surface area contributed by atoms with Crippen molar-refractivity contribution in [1.82, 2.24) is 4.98 Å². The predicted molar refractivity (Wildman–Crippen MR) is 55.1 cm³/mol. The molecule has 2 N–H and O–H groups in total. The Kier molecular flexibility index (Phi) is 2.87. The molecule has 0 amide bonds. The summed E-state index contributed by atoms with van der Waals surface area (Å²) >= 11 is 0. The molecule has 78 valence electrons. The standard InChI is InChI=1S/C11H18N2O/c1-8(12)6-10-7-13-11(14-10)9-4-2-3-5-9/h7-9H,2-6,12H2,1H3. The van der Waals surface area contributed by atoms with Gasteiger partial charge in [0, 0.05) is 18.4 Å². The van der Waals surface area contributed by atoms with Crippen LogP contribution in [0.4, 0.5) is 0 Å². The van der Waals surface area contributed by atoms with Crippen molar-refractivity contribution in [3.8, 4) is 0 Å². The van der Waals surface area contributed by atoms with Crippen LogP contribution in [0.3, 0.4) is 0 Å². The lowest BCUT2D eigenvalue weighted by molar-refractivity contribution is 0.412. The molecule has 0 radical (unpaired) electrons. The van der Waals surface area contributed by atoms with Gasteiger partial charge in [-0.2, -0.15) is 0 Å². The third kappa shape index (κ3) is 2.15. The Balaban J connectivity index is 2.01. The number of aromatic nitrogens is 1. The van der Waals surface area contributed by atoms with E-state index in [-0.39, 0.29) is 6.04 Å². The smallest absolute Gasteiger partial charge is 0.197 e. The summed E-state index contributed by atoms with van der Waals surface area (Å²) in [6.45, 7) is 1.98. The Morgan fingerprint density at radius 3 is 2.93 bits per heavy atom. The topological polar surface area (TPSA) is 52.0 Å². The minimum absolute atomic E-state index is 0.152. The van der Waals surface area contributed by atoms with Gasteiger partial charge in [-0.25, -0.2) is 4.98 Å². The lowest BCUT2D eigenvalue weighted by atomic mass is 10.1. The normalized spacial score (nSPS) is 20.1. The Morgan fingerprint density at radius 1 is 1.57 bits per heavy atom. The zero-order chi connectivity index (χ0) is 9.97. The van der Waals surface area contributed by atoms with E-state index in [1.165, 1.54) is 25.7 Å². The molecule has 1 aliphatic carbocycles. The molecule has 14 heavy (non-hydrogen) atoms. The van der Waals surface area contributed by atoms with Crippen molar-refractivity contribution in [2.75, 3.05) is 0 Å². The number of hydrogen-bond donors (Lipinski definition) is 1. The third-order valence-electron chi connectivity index (χ3n) is 2.80. The van der Waals surface area contributed by atoms with Crippen LogP contribution in [0.25, 0.3) is 0 Å². The van der Waals surface area contributed by atoms with Gasteiger partial charge in [0.2, 0.25) is 0 Å². The fraction of sp³-hybridized carbons (Fsp3) is 0.727. The molecule has 1 aliphatic rings. The molecular formula is C11H18N2O. The van der Waals surface area contributed by atoms with Gasteiger partial charge >= 0.3 is 0 Å². The highest BCUT2D eigenvalue weighted by Gasteiger charge is 2.21.